The van der Waals surface area contributed by atoms with Crippen LogP contribution in [-0.4, -0.2) is 25.7 Å². The van der Waals surface area contributed by atoms with E-state index in [1.54, 1.807) is 13.1 Å². The second-order valence-corrected chi connectivity index (χ2v) is 4.28. The highest BCUT2D eigenvalue weighted by molar-refractivity contribution is 6.05. The summed E-state index contributed by atoms with van der Waals surface area (Å²) in [7, 11) is 1.69. The Bertz CT molecular complexity index is 794. The van der Waals surface area contributed by atoms with E-state index >= 15 is 0 Å². The predicted molar refractivity (Wildman–Crippen MR) is 75.1 cm³/mol. The number of rotatable bonds is 2. The van der Waals surface area contributed by atoms with Crippen molar-refractivity contribution >= 4 is 28.4 Å². The maximum Gasteiger partial charge on any atom is 0.276 e. The molecule has 0 saturated carbocycles. The number of fused-ring (bicyclic) bond motifs is 1. The van der Waals surface area contributed by atoms with Crippen molar-refractivity contribution in [3.05, 3.63) is 42.4 Å². The van der Waals surface area contributed by atoms with E-state index < -0.39 is 0 Å². The first-order valence-corrected chi connectivity index (χ1v) is 5.96. The molecule has 3 aromatic rings. The normalized spacial score (nSPS) is 10.7. The first kappa shape index (κ1) is 12.1. The molecule has 0 radical (unpaired) electrons. The Kier molecular flexibility index (Phi) is 2.79. The first-order valence-electron chi connectivity index (χ1n) is 5.96. The molecule has 0 saturated heterocycles. The van der Waals surface area contributed by atoms with Gasteiger partial charge >= 0.3 is 0 Å². The van der Waals surface area contributed by atoms with Crippen LogP contribution in [0, 0.1) is 0 Å². The third-order valence-electron chi connectivity index (χ3n) is 2.94. The second-order valence-electron chi connectivity index (χ2n) is 4.28. The molecule has 0 aliphatic carbocycles. The van der Waals surface area contributed by atoms with Crippen LogP contribution in [0.3, 0.4) is 0 Å². The van der Waals surface area contributed by atoms with Crippen LogP contribution in [0.5, 0.6) is 0 Å². The van der Waals surface area contributed by atoms with Crippen LogP contribution in [0.1, 0.15) is 10.5 Å². The number of hydrogen-bond donors (Lipinski definition) is 2. The average molecular weight is 268 g/mol. The van der Waals surface area contributed by atoms with Crippen molar-refractivity contribution in [3.8, 4) is 0 Å². The summed E-state index contributed by atoms with van der Waals surface area (Å²) in [6.45, 7) is 0. The monoisotopic (exact) mass is 268 g/mol. The molecule has 3 N–H and O–H groups in total. The lowest BCUT2D eigenvalue weighted by atomic mass is 10.1. The number of benzene rings is 1. The van der Waals surface area contributed by atoms with Gasteiger partial charge in [-0.25, -0.2) is 9.67 Å². The summed E-state index contributed by atoms with van der Waals surface area (Å²) in [5, 5.41) is 8.19. The summed E-state index contributed by atoms with van der Waals surface area (Å²) in [5.41, 5.74) is 6.11. The van der Waals surface area contributed by atoms with E-state index in [-0.39, 0.29) is 11.6 Å². The lowest BCUT2D eigenvalue weighted by Crippen LogP contribution is -2.17. The van der Waals surface area contributed by atoms with Gasteiger partial charge in [0.1, 0.15) is 17.8 Å². The summed E-state index contributed by atoms with van der Waals surface area (Å²) in [5.74, 6) is 0.299. The molecule has 3 rings (SSSR count). The van der Waals surface area contributed by atoms with Gasteiger partial charge in [0.25, 0.3) is 5.91 Å². The van der Waals surface area contributed by atoms with Crippen molar-refractivity contribution in [2.75, 3.05) is 11.1 Å². The lowest BCUT2D eigenvalue weighted by Gasteiger charge is -2.06. The number of anilines is 2. The van der Waals surface area contributed by atoms with Gasteiger partial charge in [0.2, 0.25) is 5.95 Å². The number of hydrogen-bond acceptors (Lipinski definition) is 5. The Morgan fingerprint density at radius 3 is 2.90 bits per heavy atom. The molecule has 1 amide bonds. The number of pyridine rings is 1. The number of nitrogens with two attached hydrogens (primary N) is 1. The summed E-state index contributed by atoms with van der Waals surface area (Å²) in [6, 6.07) is 9.19. The van der Waals surface area contributed by atoms with E-state index in [0.717, 1.165) is 10.8 Å². The number of carbonyl (C=O) groups excluding carboxylic acids is 1. The number of nitrogens with one attached hydrogen (secondary N) is 1. The third kappa shape index (κ3) is 2.05. The molecule has 1 aromatic carbocycles. The highest BCUT2D eigenvalue weighted by atomic mass is 16.2. The standard InChI is InChI=1S/C13H12N6O/c1-19-13(15-7-16-19)18-12(20)10-6-8-4-2-3-5-9(8)11(14)17-10/h2-7H,1H3,(H2,14,17)(H,15,16,18,20). The number of amides is 1. The quantitative estimate of drug-likeness (QED) is 0.727. The van der Waals surface area contributed by atoms with Crippen LogP contribution in [0.2, 0.25) is 0 Å². The van der Waals surface area contributed by atoms with Gasteiger partial charge < -0.3 is 5.73 Å². The van der Waals surface area contributed by atoms with E-state index in [0.29, 0.717) is 11.8 Å². The highest BCUT2D eigenvalue weighted by Gasteiger charge is 2.13. The Morgan fingerprint density at radius 2 is 2.15 bits per heavy atom. The Balaban J connectivity index is 1.98. The summed E-state index contributed by atoms with van der Waals surface area (Å²) >= 11 is 0. The maximum atomic E-state index is 12.1. The topological polar surface area (TPSA) is 98.7 Å². The molecule has 0 fully saturated rings. The molecule has 0 atom stereocenters. The largest absolute Gasteiger partial charge is 0.383 e. The molecule has 0 aliphatic heterocycles. The van der Waals surface area contributed by atoms with Crippen LogP contribution < -0.4 is 11.1 Å². The zero-order valence-electron chi connectivity index (χ0n) is 10.7. The van der Waals surface area contributed by atoms with Gasteiger partial charge in [-0.2, -0.15) is 10.1 Å². The fourth-order valence-electron chi connectivity index (χ4n) is 1.92. The number of aromatic nitrogens is 4. The third-order valence-corrected chi connectivity index (χ3v) is 2.94. The molecule has 0 bridgehead atoms. The number of carbonyl (C=O) groups is 1. The molecular formula is C13H12N6O. The van der Waals surface area contributed by atoms with Gasteiger partial charge in [0.15, 0.2) is 0 Å². The van der Waals surface area contributed by atoms with Gasteiger partial charge in [-0.15, -0.1) is 0 Å². The van der Waals surface area contributed by atoms with Crippen molar-refractivity contribution in [1.29, 1.82) is 0 Å². The van der Waals surface area contributed by atoms with E-state index in [9.17, 15) is 4.79 Å². The predicted octanol–water partition coefficient (Wildman–Crippen LogP) is 1.20. The van der Waals surface area contributed by atoms with Gasteiger partial charge in [0.05, 0.1) is 0 Å². The molecular weight excluding hydrogens is 256 g/mol. The fourth-order valence-corrected chi connectivity index (χ4v) is 1.92. The van der Waals surface area contributed by atoms with Crippen LogP contribution in [0.15, 0.2) is 36.7 Å². The van der Waals surface area contributed by atoms with E-state index in [1.165, 1.54) is 11.0 Å². The SMILES string of the molecule is Cn1ncnc1NC(=O)c1cc2ccccc2c(N)n1. The molecule has 0 spiro atoms. The van der Waals surface area contributed by atoms with Gasteiger partial charge in [-0.05, 0) is 11.5 Å². The van der Waals surface area contributed by atoms with Crippen molar-refractivity contribution in [2.45, 2.75) is 0 Å². The Labute approximate surface area is 114 Å². The molecule has 2 aromatic heterocycles. The van der Waals surface area contributed by atoms with E-state index in [4.69, 9.17) is 5.73 Å². The molecule has 100 valence electrons. The van der Waals surface area contributed by atoms with Gasteiger partial charge in [-0.3, -0.25) is 10.1 Å². The number of nitrogens with zero attached hydrogens (tertiary/aromatic N) is 4. The molecule has 2 heterocycles. The van der Waals surface area contributed by atoms with E-state index in [2.05, 4.69) is 20.4 Å². The fraction of sp³-hybridized carbons (Fsp3) is 0.0769. The molecule has 0 unspecified atom stereocenters. The smallest absolute Gasteiger partial charge is 0.276 e. The minimum atomic E-state index is -0.376. The second kappa shape index (κ2) is 4.61. The minimum absolute atomic E-state index is 0.240. The number of nitrogen functional groups attached to an aromatic ring is 1. The lowest BCUT2D eigenvalue weighted by molar-refractivity contribution is 0.102. The van der Waals surface area contributed by atoms with Crippen LogP contribution >= 0.6 is 0 Å². The van der Waals surface area contributed by atoms with Crippen LogP contribution in [0.4, 0.5) is 11.8 Å². The van der Waals surface area contributed by atoms with Crippen molar-refractivity contribution < 1.29 is 4.79 Å². The van der Waals surface area contributed by atoms with Crippen LogP contribution in [-0.2, 0) is 7.05 Å². The maximum absolute atomic E-state index is 12.1. The zero-order valence-corrected chi connectivity index (χ0v) is 10.7. The Hall–Kier alpha value is -2.96. The van der Waals surface area contributed by atoms with Gasteiger partial charge in [-0.1, -0.05) is 24.3 Å². The number of aryl methyl sites for hydroxylation is 1. The molecule has 20 heavy (non-hydrogen) atoms. The minimum Gasteiger partial charge on any atom is -0.383 e. The summed E-state index contributed by atoms with van der Waals surface area (Å²) in [4.78, 5) is 20.2. The first-order chi connectivity index (χ1) is 9.65. The highest BCUT2D eigenvalue weighted by Crippen LogP contribution is 2.20. The average Bonchev–Trinajstić information content (AvgIpc) is 2.84. The molecule has 7 nitrogen and oxygen atoms in total. The van der Waals surface area contributed by atoms with Crippen molar-refractivity contribution in [3.63, 3.8) is 0 Å². The van der Waals surface area contributed by atoms with E-state index in [1.807, 2.05) is 24.3 Å². The Morgan fingerprint density at radius 1 is 1.35 bits per heavy atom. The van der Waals surface area contributed by atoms with Crippen LogP contribution in [0.25, 0.3) is 10.8 Å². The van der Waals surface area contributed by atoms with Crippen molar-refractivity contribution in [2.24, 2.45) is 7.05 Å². The zero-order chi connectivity index (χ0) is 14.1. The molecule has 7 heteroatoms. The van der Waals surface area contributed by atoms with Crippen molar-refractivity contribution in [1.82, 2.24) is 19.7 Å². The molecule has 0 aliphatic rings. The summed E-state index contributed by atoms with van der Waals surface area (Å²) in [6.07, 6.45) is 1.36. The van der Waals surface area contributed by atoms with Gasteiger partial charge in [0, 0.05) is 12.4 Å². The summed E-state index contributed by atoms with van der Waals surface area (Å²) < 4.78 is 1.46.